The molecule has 0 saturated carbocycles. The predicted octanol–water partition coefficient (Wildman–Crippen LogP) is 5.35. The lowest BCUT2D eigenvalue weighted by atomic mass is 10.0. The second-order valence-corrected chi connectivity index (χ2v) is 11.1. The Kier molecular flexibility index (Phi) is 6.86. The first-order valence-electron chi connectivity index (χ1n) is 10.8. The zero-order valence-electron chi connectivity index (χ0n) is 18.1. The maximum absolute atomic E-state index is 13.5. The van der Waals surface area contributed by atoms with Crippen LogP contribution in [-0.4, -0.2) is 48.1 Å². The highest BCUT2D eigenvalue weighted by molar-refractivity contribution is 7.89. The molecule has 1 fully saturated rings. The van der Waals surface area contributed by atoms with Crippen molar-refractivity contribution in [2.24, 2.45) is 0 Å². The minimum atomic E-state index is -3.78. The normalized spacial score (nSPS) is 17.2. The maximum Gasteiger partial charge on any atom is 0.254 e. The molecule has 32 heavy (non-hydrogen) atoms. The number of fused-ring (bicyclic) bond motifs is 1. The van der Waals surface area contributed by atoms with Gasteiger partial charge in [-0.25, -0.2) is 13.4 Å². The molecule has 9 heteroatoms. The third kappa shape index (κ3) is 4.29. The van der Waals surface area contributed by atoms with E-state index in [9.17, 15) is 13.2 Å². The molecule has 1 unspecified atom stereocenters. The Labute approximate surface area is 197 Å². The number of rotatable bonds is 6. The van der Waals surface area contributed by atoms with Gasteiger partial charge in [-0.15, -0.1) is 11.3 Å². The van der Waals surface area contributed by atoms with E-state index in [2.05, 4.69) is 0 Å². The van der Waals surface area contributed by atoms with E-state index in [1.165, 1.54) is 16.4 Å². The van der Waals surface area contributed by atoms with Gasteiger partial charge in [-0.1, -0.05) is 37.6 Å². The van der Waals surface area contributed by atoms with Gasteiger partial charge in [-0.2, -0.15) is 4.31 Å². The van der Waals surface area contributed by atoms with Crippen molar-refractivity contribution in [2.45, 2.75) is 44.0 Å². The summed E-state index contributed by atoms with van der Waals surface area (Å²) >= 11 is 7.87. The van der Waals surface area contributed by atoms with Crippen molar-refractivity contribution in [1.82, 2.24) is 14.2 Å². The van der Waals surface area contributed by atoms with E-state index in [1.54, 1.807) is 31.3 Å². The van der Waals surface area contributed by atoms with E-state index < -0.39 is 10.0 Å². The first kappa shape index (κ1) is 23.2. The first-order chi connectivity index (χ1) is 15.4. The molecule has 0 spiro atoms. The van der Waals surface area contributed by atoms with Crippen LogP contribution < -0.4 is 0 Å². The number of carbonyl (C=O) groups is 1. The van der Waals surface area contributed by atoms with Gasteiger partial charge in [0.1, 0.15) is 9.90 Å². The van der Waals surface area contributed by atoms with Crippen molar-refractivity contribution in [2.75, 3.05) is 19.6 Å². The van der Waals surface area contributed by atoms with Gasteiger partial charge in [0.25, 0.3) is 5.91 Å². The van der Waals surface area contributed by atoms with Gasteiger partial charge in [0.05, 0.1) is 21.3 Å². The molecule has 1 aliphatic rings. The number of benzene rings is 2. The Morgan fingerprint density at radius 3 is 2.66 bits per heavy atom. The minimum absolute atomic E-state index is 0.0257. The van der Waals surface area contributed by atoms with Gasteiger partial charge in [0.2, 0.25) is 10.0 Å². The van der Waals surface area contributed by atoms with Crippen molar-refractivity contribution >= 4 is 49.1 Å². The summed E-state index contributed by atoms with van der Waals surface area (Å²) in [6.45, 7) is 4.83. The Hall–Kier alpha value is -2.00. The second-order valence-electron chi connectivity index (χ2n) is 7.76. The molecule has 3 aromatic rings. The van der Waals surface area contributed by atoms with E-state index in [-0.39, 0.29) is 21.9 Å². The largest absolute Gasteiger partial charge is 0.329 e. The van der Waals surface area contributed by atoms with Crippen molar-refractivity contribution in [3.63, 3.8) is 0 Å². The Morgan fingerprint density at radius 1 is 1.19 bits per heavy atom. The molecule has 1 atom stereocenters. The van der Waals surface area contributed by atoms with Crippen LogP contribution in [0.5, 0.6) is 0 Å². The van der Waals surface area contributed by atoms with Crippen LogP contribution in [0.4, 0.5) is 0 Å². The molecule has 2 aromatic carbocycles. The fourth-order valence-corrected chi connectivity index (χ4v) is 7.24. The zero-order chi connectivity index (χ0) is 22.9. The Bertz CT molecular complexity index is 1210. The average molecular weight is 492 g/mol. The fraction of sp³-hybridized carbons (Fsp3) is 0.391. The van der Waals surface area contributed by atoms with E-state index in [0.29, 0.717) is 25.2 Å². The monoisotopic (exact) mass is 491 g/mol. The van der Waals surface area contributed by atoms with Crippen molar-refractivity contribution < 1.29 is 13.2 Å². The fourth-order valence-electron chi connectivity index (χ4n) is 4.17. The molecule has 1 amide bonds. The zero-order valence-corrected chi connectivity index (χ0v) is 20.5. The number of para-hydroxylation sites is 1. The summed E-state index contributed by atoms with van der Waals surface area (Å²) in [6, 6.07) is 12.4. The second kappa shape index (κ2) is 9.47. The molecule has 170 valence electrons. The predicted molar refractivity (Wildman–Crippen MR) is 129 cm³/mol. The lowest BCUT2D eigenvalue weighted by Gasteiger charge is -2.34. The number of likely N-dealkylation sites (tertiary alicyclic amines) is 1. The van der Waals surface area contributed by atoms with Gasteiger partial charge in [0.15, 0.2) is 0 Å². The van der Waals surface area contributed by atoms with E-state index >= 15 is 0 Å². The third-order valence-corrected chi connectivity index (χ3v) is 9.53. The van der Waals surface area contributed by atoms with Gasteiger partial charge in [-0.05, 0) is 49.6 Å². The summed E-state index contributed by atoms with van der Waals surface area (Å²) in [5.74, 6) is -0.193. The molecule has 1 saturated heterocycles. The van der Waals surface area contributed by atoms with E-state index in [0.717, 1.165) is 34.5 Å². The quantitative estimate of drug-likeness (QED) is 0.466. The van der Waals surface area contributed by atoms with Crippen LogP contribution >= 0.6 is 22.9 Å². The SMILES string of the molecule is CCN(CC)S(=O)(=O)c1cc(C(=O)N2CCCCC2c2nc3ccccc3s2)ccc1Cl. The van der Waals surface area contributed by atoms with E-state index in [1.807, 2.05) is 29.2 Å². The standard InChI is InChI=1S/C23H26ClN3O3S2/c1-3-26(4-2)32(29,30)21-15-16(12-13-17(21)24)23(28)27-14-8-7-10-19(27)22-25-18-9-5-6-11-20(18)31-22/h5-6,9,11-13,15,19H,3-4,7-8,10,14H2,1-2H3. The molecular weight excluding hydrogens is 466 g/mol. The van der Waals surface area contributed by atoms with Crippen LogP contribution in [0, 0.1) is 0 Å². The van der Waals surface area contributed by atoms with Crippen LogP contribution in [0.15, 0.2) is 47.4 Å². The summed E-state index contributed by atoms with van der Waals surface area (Å²) in [4.78, 5) is 20.1. The number of thiazole rings is 1. The van der Waals surface area contributed by atoms with Crippen molar-refractivity contribution in [3.05, 3.63) is 58.1 Å². The molecule has 6 nitrogen and oxygen atoms in total. The number of aromatic nitrogens is 1. The lowest BCUT2D eigenvalue weighted by Crippen LogP contribution is -2.38. The van der Waals surface area contributed by atoms with Crippen LogP contribution in [0.1, 0.15) is 54.5 Å². The molecule has 1 aliphatic heterocycles. The van der Waals surface area contributed by atoms with Crippen molar-refractivity contribution in [1.29, 1.82) is 0 Å². The van der Waals surface area contributed by atoms with Gasteiger partial charge >= 0.3 is 0 Å². The van der Waals surface area contributed by atoms with E-state index in [4.69, 9.17) is 16.6 Å². The van der Waals surface area contributed by atoms with Gasteiger partial charge in [0, 0.05) is 25.2 Å². The van der Waals surface area contributed by atoms with Crippen LogP contribution in [-0.2, 0) is 10.0 Å². The highest BCUT2D eigenvalue weighted by Gasteiger charge is 2.32. The molecule has 0 bridgehead atoms. The van der Waals surface area contributed by atoms with Crippen LogP contribution in [0.3, 0.4) is 0 Å². The number of halogens is 1. The average Bonchev–Trinajstić information content (AvgIpc) is 3.23. The van der Waals surface area contributed by atoms with Crippen LogP contribution in [0.2, 0.25) is 5.02 Å². The van der Waals surface area contributed by atoms with Crippen molar-refractivity contribution in [3.8, 4) is 0 Å². The summed E-state index contributed by atoms with van der Waals surface area (Å²) in [5.41, 5.74) is 1.26. The number of amides is 1. The molecule has 4 rings (SSSR count). The summed E-state index contributed by atoms with van der Waals surface area (Å²) in [7, 11) is -3.78. The number of hydrogen-bond donors (Lipinski definition) is 0. The topological polar surface area (TPSA) is 70.6 Å². The highest BCUT2D eigenvalue weighted by Crippen LogP contribution is 2.37. The Morgan fingerprint density at radius 2 is 1.94 bits per heavy atom. The molecule has 1 aromatic heterocycles. The number of piperidine rings is 1. The molecule has 0 N–H and O–H groups in total. The molecular formula is C23H26ClN3O3S2. The Balaban J connectivity index is 1.69. The number of hydrogen-bond acceptors (Lipinski definition) is 5. The summed E-state index contributed by atoms with van der Waals surface area (Å²) in [5, 5.41) is 1.04. The first-order valence-corrected chi connectivity index (χ1v) is 13.5. The molecule has 0 radical (unpaired) electrons. The van der Waals surface area contributed by atoms with Crippen LogP contribution in [0.25, 0.3) is 10.2 Å². The highest BCUT2D eigenvalue weighted by atomic mass is 35.5. The molecule has 0 aliphatic carbocycles. The van der Waals surface area contributed by atoms with Gasteiger partial charge < -0.3 is 4.90 Å². The maximum atomic E-state index is 13.5. The minimum Gasteiger partial charge on any atom is -0.329 e. The summed E-state index contributed by atoms with van der Waals surface area (Å²) < 4.78 is 28.6. The third-order valence-electron chi connectivity index (χ3n) is 5.86. The number of sulfonamides is 1. The smallest absolute Gasteiger partial charge is 0.254 e. The number of carbonyl (C=O) groups excluding carboxylic acids is 1. The summed E-state index contributed by atoms with van der Waals surface area (Å²) in [6.07, 6.45) is 2.77. The molecule has 2 heterocycles. The number of nitrogens with zero attached hydrogens (tertiary/aromatic N) is 3. The lowest BCUT2D eigenvalue weighted by molar-refractivity contribution is 0.0611. The van der Waals surface area contributed by atoms with Gasteiger partial charge in [-0.3, -0.25) is 4.79 Å².